The molecule has 0 radical (unpaired) electrons. The van der Waals surface area contributed by atoms with Crippen LogP contribution in [0.4, 0.5) is 8.39 Å². The predicted molar refractivity (Wildman–Crippen MR) is 25.3 cm³/mol. The fourth-order valence-corrected chi connectivity index (χ4v) is 0.327. The van der Waals surface area contributed by atoms with Gasteiger partial charge < -0.3 is 4.52 Å². The molecule has 0 heterocycles. The van der Waals surface area contributed by atoms with Crippen LogP contribution in [0.1, 0.15) is 0 Å². The summed E-state index contributed by atoms with van der Waals surface area (Å²) in [5, 5.41) is 0. The summed E-state index contributed by atoms with van der Waals surface area (Å²) in [6.07, 6.45) is 1.29. The summed E-state index contributed by atoms with van der Waals surface area (Å²) in [5.41, 5.74) is 0. The van der Waals surface area contributed by atoms with Crippen molar-refractivity contribution >= 4 is 8.77 Å². The predicted octanol–water partition coefficient (Wildman–Crippen LogP) is 2.35. The molecule has 0 atom stereocenters. The van der Waals surface area contributed by atoms with Crippen molar-refractivity contribution in [2.45, 2.75) is 0 Å². The molecule has 0 N–H and O–H groups in total. The van der Waals surface area contributed by atoms with Crippen LogP contribution in [-0.4, -0.2) is 6.61 Å². The van der Waals surface area contributed by atoms with Gasteiger partial charge in [0.2, 0.25) is 0 Å². The van der Waals surface area contributed by atoms with E-state index in [2.05, 4.69) is 11.1 Å². The molecular weight excluding hydrogens is 121 g/mol. The molecule has 0 bridgehead atoms. The third kappa shape index (κ3) is 5.99. The Bertz CT molecular complexity index is 56.9. The van der Waals surface area contributed by atoms with E-state index in [0.29, 0.717) is 0 Å². The van der Waals surface area contributed by atoms with Crippen LogP contribution in [0.3, 0.4) is 0 Å². The molecule has 0 rings (SSSR count). The van der Waals surface area contributed by atoms with Crippen molar-refractivity contribution < 1.29 is 12.9 Å². The summed E-state index contributed by atoms with van der Waals surface area (Å²) in [4.78, 5) is 0. The average molecular weight is 126 g/mol. The first-order valence-electron chi connectivity index (χ1n) is 1.63. The van der Waals surface area contributed by atoms with Crippen molar-refractivity contribution in [2.24, 2.45) is 0 Å². The quantitative estimate of drug-likeness (QED) is 0.416. The highest BCUT2D eigenvalue weighted by Gasteiger charge is 1.99. The average Bonchev–Trinajstić information content (AvgIpc) is 1.61. The maximum Gasteiger partial charge on any atom is 0.415 e. The first-order chi connectivity index (χ1) is 3.27. The molecule has 42 valence electrons. The lowest BCUT2D eigenvalue weighted by Gasteiger charge is -1.90. The number of hydrogen-bond acceptors (Lipinski definition) is 1. The van der Waals surface area contributed by atoms with Gasteiger partial charge in [0.15, 0.2) is 0 Å². The van der Waals surface area contributed by atoms with Gasteiger partial charge in [0.1, 0.15) is 0 Å². The minimum atomic E-state index is -3.18. The molecule has 0 aliphatic heterocycles. The summed E-state index contributed by atoms with van der Waals surface area (Å²) >= 11 is 0. The lowest BCUT2D eigenvalue weighted by Crippen LogP contribution is -1.74. The van der Waals surface area contributed by atoms with Crippen LogP contribution in [-0.2, 0) is 4.52 Å². The zero-order chi connectivity index (χ0) is 5.70. The third-order valence-electron chi connectivity index (χ3n) is 0.290. The van der Waals surface area contributed by atoms with E-state index in [9.17, 15) is 8.39 Å². The van der Waals surface area contributed by atoms with E-state index in [1.54, 1.807) is 0 Å². The molecule has 4 heteroatoms. The molecule has 0 amide bonds. The number of rotatable bonds is 3. The fourth-order valence-electron chi connectivity index (χ4n) is 0.109. The summed E-state index contributed by atoms with van der Waals surface area (Å²) in [6.45, 7) is 3.13. The maximum absolute atomic E-state index is 11.0. The van der Waals surface area contributed by atoms with Crippen LogP contribution < -0.4 is 0 Å². The Balaban J connectivity index is 2.81. The topological polar surface area (TPSA) is 9.23 Å². The lowest BCUT2D eigenvalue weighted by atomic mass is 10.7. The van der Waals surface area contributed by atoms with E-state index in [1.807, 2.05) is 0 Å². The summed E-state index contributed by atoms with van der Waals surface area (Å²) in [7, 11) is -3.18. The molecule has 0 aliphatic rings. The normalized spacial score (nSPS) is 9.57. The minimum Gasteiger partial charge on any atom is -0.302 e. The van der Waals surface area contributed by atoms with Gasteiger partial charge in [-0.3, -0.25) is 0 Å². The zero-order valence-electron chi connectivity index (χ0n) is 3.60. The van der Waals surface area contributed by atoms with Gasteiger partial charge in [-0.05, 0) is 0 Å². The smallest absolute Gasteiger partial charge is 0.302 e. The summed E-state index contributed by atoms with van der Waals surface area (Å²) in [6, 6.07) is 0. The monoisotopic (exact) mass is 126 g/mol. The first kappa shape index (κ1) is 6.99. The summed E-state index contributed by atoms with van der Waals surface area (Å²) < 4.78 is 25.8. The molecule has 0 aromatic carbocycles. The van der Waals surface area contributed by atoms with E-state index in [4.69, 9.17) is 0 Å². The Morgan fingerprint density at radius 3 is 2.43 bits per heavy atom. The van der Waals surface area contributed by atoms with E-state index in [0.717, 1.165) is 0 Å². The van der Waals surface area contributed by atoms with Crippen molar-refractivity contribution in [3.63, 3.8) is 0 Å². The molecule has 1 nitrogen and oxygen atoms in total. The van der Waals surface area contributed by atoms with Crippen LogP contribution in [0.25, 0.3) is 0 Å². The van der Waals surface area contributed by atoms with Gasteiger partial charge in [0.05, 0.1) is 6.61 Å². The molecule has 0 saturated carbocycles. The third-order valence-corrected chi connectivity index (χ3v) is 0.634. The Kier molecular flexibility index (Phi) is 4.15. The SMILES string of the molecule is C=CCOP(F)F. The Morgan fingerprint density at radius 1 is 1.71 bits per heavy atom. The van der Waals surface area contributed by atoms with E-state index >= 15 is 0 Å². The second kappa shape index (κ2) is 4.16. The maximum atomic E-state index is 11.0. The number of halogens is 2. The van der Waals surface area contributed by atoms with E-state index < -0.39 is 8.77 Å². The van der Waals surface area contributed by atoms with Crippen molar-refractivity contribution in [1.82, 2.24) is 0 Å². The Morgan fingerprint density at radius 2 is 2.29 bits per heavy atom. The summed E-state index contributed by atoms with van der Waals surface area (Å²) in [5.74, 6) is 0. The largest absolute Gasteiger partial charge is 0.415 e. The first-order valence-corrected chi connectivity index (χ1v) is 2.67. The molecule has 7 heavy (non-hydrogen) atoms. The van der Waals surface area contributed by atoms with E-state index in [1.165, 1.54) is 6.08 Å². The molecule has 0 fully saturated rings. The second-order valence-electron chi connectivity index (χ2n) is 0.786. The van der Waals surface area contributed by atoms with Crippen molar-refractivity contribution in [3.8, 4) is 0 Å². The molecule has 0 aliphatic carbocycles. The highest BCUT2D eigenvalue weighted by molar-refractivity contribution is 7.40. The van der Waals surface area contributed by atoms with E-state index in [-0.39, 0.29) is 6.61 Å². The standard InChI is InChI=1S/C3H5F2OP/c1-2-3-6-7(4)5/h2H,1,3H2. The second-order valence-corrected chi connectivity index (χ2v) is 1.45. The van der Waals surface area contributed by atoms with Gasteiger partial charge in [-0.15, -0.1) is 6.58 Å². The highest BCUT2D eigenvalue weighted by atomic mass is 31.2. The minimum absolute atomic E-state index is 0.0568. The van der Waals surface area contributed by atoms with Gasteiger partial charge in [0, 0.05) is 0 Å². The van der Waals surface area contributed by atoms with Gasteiger partial charge >= 0.3 is 8.77 Å². The molecule has 0 aromatic rings. The van der Waals surface area contributed by atoms with Crippen molar-refractivity contribution in [1.29, 1.82) is 0 Å². The van der Waals surface area contributed by atoms with Gasteiger partial charge in [-0.2, -0.15) is 8.39 Å². The Hall–Kier alpha value is -0.0100. The lowest BCUT2D eigenvalue weighted by molar-refractivity contribution is 0.349. The van der Waals surface area contributed by atoms with Gasteiger partial charge in [-0.1, -0.05) is 6.08 Å². The molecular formula is C3H5F2OP. The van der Waals surface area contributed by atoms with Gasteiger partial charge in [-0.25, -0.2) is 0 Å². The zero-order valence-corrected chi connectivity index (χ0v) is 4.50. The Labute approximate surface area is 42.1 Å². The van der Waals surface area contributed by atoms with Crippen LogP contribution in [0, 0.1) is 0 Å². The van der Waals surface area contributed by atoms with Crippen molar-refractivity contribution in [3.05, 3.63) is 12.7 Å². The van der Waals surface area contributed by atoms with Crippen LogP contribution in [0.15, 0.2) is 12.7 Å². The van der Waals surface area contributed by atoms with Crippen LogP contribution in [0.5, 0.6) is 0 Å². The fraction of sp³-hybridized carbons (Fsp3) is 0.333. The molecule has 0 unspecified atom stereocenters. The van der Waals surface area contributed by atoms with Crippen LogP contribution in [0.2, 0.25) is 0 Å². The van der Waals surface area contributed by atoms with Crippen LogP contribution >= 0.6 is 8.77 Å². The molecule has 0 spiro atoms. The van der Waals surface area contributed by atoms with Crippen molar-refractivity contribution in [2.75, 3.05) is 6.61 Å². The molecule has 0 aromatic heterocycles. The molecule has 0 saturated heterocycles. The van der Waals surface area contributed by atoms with Gasteiger partial charge in [0.25, 0.3) is 0 Å². The highest BCUT2D eigenvalue weighted by Crippen LogP contribution is 2.39. The number of hydrogen-bond donors (Lipinski definition) is 0.